The number of carbonyl (C=O) groups excluding carboxylic acids is 2. The normalized spacial score (nSPS) is 19.6. The van der Waals surface area contributed by atoms with Crippen molar-refractivity contribution in [3.63, 3.8) is 0 Å². The lowest BCUT2D eigenvalue weighted by atomic mass is 9.80. The van der Waals surface area contributed by atoms with Gasteiger partial charge in [0.1, 0.15) is 19.6 Å². The van der Waals surface area contributed by atoms with Gasteiger partial charge in [0, 0.05) is 41.1 Å². The smallest absolute Gasteiger partial charge is 0.337 e. The number of ether oxygens (including phenoxy) is 2. The van der Waals surface area contributed by atoms with Crippen LogP contribution >= 0.6 is 0 Å². The SMILES string of the molecule is COC(=O)C1=C(C)NC(C)=C(C(=O)O[C@@H]2CCC[N+](Cc3ccccc3)(Cc3ccccc3)C2)[C@H]1c1cccc([N+](=O)[O-])c1. The van der Waals surface area contributed by atoms with Gasteiger partial charge in [-0.15, -0.1) is 0 Å². The Morgan fingerprint density at radius 1 is 0.886 bits per heavy atom. The Morgan fingerprint density at radius 3 is 2.05 bits per heavy atom. The van der Waals surface area contributed by atoms with Crippen LogP contribution in [0.4, 0.5) is 5.69 Å². The van der Waals surface area contributed by atoms with Gasteiger partial charge in [0.15, 0.2) is 6.10 Å². The number of piperidine rings is 1. The molecule has 228 valence electrons. The summed E-state index contributed by atoms with van der Waals surface area (Å²) in [6.45, 7) is 6.67. The molecular formula is C35H38N3O6+. The number of likely N-dealkylation sites (tertiary alicyclic amines) is 1. The zero-order chi connectivity index (χ0) is 31.3. The van der Waals surface area contributed by atoms with E-state index in [1.165, 1.54) is 30.4 Å². The van der Waals surface area contributed by atoms with Crippen molar-refractivity contribution in [3.8, 4) is 0 Å². The molecule has 0 aromatic heterocycles. The number of rotatable bonds is 9. The molecule has 3 aromatic rings. The molecule has 0 aliphatic carbocycles. The van der Waals surface area contributed by atoms with E-state index >= 15 is 0 Å². The van der Waals surface area contributed by atoms with E-state index in [1.54, 1.807) is 26.0 Å². The molecule has 44 heavy (non-hydrogen) atoms. The fraction of sp³-hybridized carbons (Fsp3) is 0.314. The van der Waals surface area contributed by atoms with E-state index in [9.17, 15) is 19.7 Å². The molecule has 2 atom stereocenters. The summed E-state index contributed by atoms with van der Waals surface area (Å²) in [6.07, 6.45) is 1.24. The number of esters is 2. The average Bonchev–Trinajstić information content (AvgIpc) is 3.01. The number of quaternary nitrogens is 1. The largest absolute Gasteiger partial charge is 0.466 e. The number of hydrogen-bond donors (Lipinski definition) is 1. The maximum atomic E-state index is 14.1. The number of benzene rings is 3. The molecule has 9 heteroatoms. The summed E-state index contributed by atoms with van der Waals surface area (Å²) >= 11 is 0. The van der Waals surface area contributed by atoms with E-state index in [1.807, 2.05) is 36.4 Å². The molecule has 9 nitrogen and oxygen atoms in total. The van der Waals surface area contributed by atoms with Gasteiger partial charge in [0.25, 0.3) is 5.69 Å². The van der Waals surface area contributed by atoms with E-state index in [0.29, 0.717) is 23.5 Å². The fourth-order valence-corrected chi connectivity index (χ4v) is 6.66. The molecule has 0 radical (unpaired) electrons. The molecular weight excluding hydrogens is 558 g/mol. The third kappa shape index (κ3) is 6.73. The monoisotopic (exact) mass is 596 g/mol. The van der Waals surface area contributed by atoms with Crippen molar-refractivity contribution in [2.45, 2.75) is 51.8 Å². The molecule has 1 fully saturated rings. The second-order valence-electron chi connectivity index (χ2n) is 11.7. The van der Waals surface area contributed by atoms with Crippen molar-refractivity contribution < 1.29 is 28.5 Å². The molecule has 3 aromatic carbocycles. The van der Waals surface area contributed by atoms with Gasteiger partial charge >= 0.3 is 11.9 Å². The Kier molecular flexibility index (Phi) is 9.25. The Labute approximate surface area is 257 Å². The number of allylic oxidation sites excluding steroid dienone is 2. The highest BCUT2D eigenvalue weighted by molar-refractivity contribution is 6.00. The number of nitrogens with zero attached hydrogens (tertiary/aromatic N) is 2. The van der Waals surface area contributed by atoms with Crippen LogP contribution in [-0.2, 0) is 32.2 Å². The van der Waals surface area contributed by atoms with Crippen molar-refractivity contribution in [3.05, 3.63) is 134 Å². The minimum Gasteiger partial charge on any atom is -0.466 e. The third-order valence-electron chi connectivity index (χ3n) is 8.54. The Bertz CT molecular complexity index is 1560. The summed E-state index contributed by atoms with van der Waals surface area (Å²) < 4.78 is 12.1. The molecule has 2 aliphatic heterocycles. The highest BCUT2D eigenvalue weighted by Crippen LogP contribution is 2.40. The predicted octanol–water partition coefficient (Wildman–Crippen LogP) is 5.93. The number of nitro groups is 1. The molecule has 0 amide bonds. The zero-order valence-corrected chi connectivity index (χ0v) is 25.3. The maximum absolute atomic E-state index is 14.1. The zero-order valence-electron chi connectivity index (χ0n) is 25.3. The molecule has 2 heterocycles. The number of hydrogen-bond acceptors (Lipinski definition) is 7. The summed E-state index contributed by atoms with van der Waals surface area (Å²) in [5.41, 5.74) is 4.25. The standard InChI is InChI=1S/C35H37N3O6/c1-24-31(34(39)43-3)33(28-16-10-17-29(20-28)37(41)42)32(25(2)36-24)35(40)44-30-18-11-19-38(23-30,21-26-12-6-4-7-13-26)22-27-14-8-5-9-15-27/h4-10,12-17,20,30,33H,11,18-19,21-23H2,1-3H3/p+1/t30-,33+/m1/s1. The van der Waals surface area contributed by atoms with Gasteiger partial charge in [0.05, 0.1) is 35.6 Å². The molecule has 5 rings (SSSR count). The van der Waals surface area contributed by atoms with Gasteiger partial charge in [-0.1, -0.05) is 72.8 Å². The first-order valence-corrected chi connectivity index (χ1v) is 14.8. The molecule has 1 N–H and O–H groups in total. The Morgan fingerprint density at radius 2 is 1.48 bits per heavy atom. The molecule has 0 saturated carbocycles. The fourth-order valence-electron chi connectivity index (χ4n) is 6.66. The van der Waals surface area contributed by atoms with Crippen LogP contribution in [0.25, 0.3) is 0 Å². The lowest BCUT2D eigenvalue weighted by Gasteiger charge is -2.44. The topological polar surface area (TPSA) is 108 Å². The summed E-state index contributed by atoms with van der Waals surface area (Å²) in [7, 11) is 1.27. The average molecular weight is 597 g/mol. The number of methoxy groups -OCH3 is 1. The summed E-state index contributed by atoms with van der Waals surface area (Å²) in [4.78, 5) is 38.3. The van der Waals surface area contributed by atoms with Gasteiger partial charge in [-0.3, -0.25) is 10.1 Å². The van der Waals surface area contributed by atoms with Crippen LogP contribution in [-0.4, -0.2) is 47.6 Å². The van der Waals surface area contributed by atoms with Crippen LogP contribution in [0.15, 0.2) is 107 Å². The summed E-state index contributed by atoms with van der Waals surface area (Å²) in [5.74, 6) is -2.07. The first-order chi connectivity index (χ1) is 21.2. The van der Waals surface area contributed by atoms with Gasteiger partial charge < -0.3 is 19.3 Å². The van der Waals surface area contributed by atoms with E-state index in [4.69, 9.17) is 9.47 Å². The molecule has 2 aliphatic rings. The van der Waals surface area contributed by atoms with Crippen molar-refractivity contribution in [1.29, 1.82) is 0 Å². The van der Waals surface area contributed by atoms with E-state index in [2.05, 4.69) is 29.6 Å². The van der Waals surface area contributed by atoms with Crippen molar-refractivity contribution >= 4 is 17.6 Å². The van der Waals surface area contributed by atoms with Gasteiger partial charge in [-0.2, -0.15) is 0 Å². The number of nitro benzene ring substituents is 1. The summed E-state index contributed by atoms with van der Waals surface area (Å²) in [5, 5.41) is 14.8. The quantitative estimate of drug-likeness (QED) is 0.141. The summed E-state index contributed by atoms with van der Waals surface area (Å²) in [6, 6.07) is 26.8. The second kappa shape index (κ2) is 13.3. The first kappa shape index (κ1) is 30.7. The Balaban J connectivity index is 1.47. The van der Waals surface area contributed by atoms with Crippen molar-refractivity contribution in [2.75, 3.05) is 20.2 Å². The van der Waals surface area contributed by atoms with Crippen LogP contribution in [0.3, 0.4) is 0 Å². The van der Waals surface area contributed by atoms with Crippen LogP contribution in [0, 0.1) is 10.1 Å². The predicted molar refractivity (Wildman–Crippen MR) is 166 cm³/mol. The molecule has 0 unspecified atom stereocenters. The Hall–Kier alpha value is -4.76. The van der Waals surface area contributed by atoms with Gasteiger partial charge in [-0.25, -0.2) is 9.59 Å². The first-order valence-electron chi connectivity index (χ1n) is 14.8. The van der Waals surface area contributed by atoms with Gasteiger partial charge in [0.2, 0.25) is 0 Å². The highest BCUT2D eigenvalue weighted by Gasteiger charge is 2.42. The van der Waals surface area contributed by atoms with E-state index in [-0.39, 0.29) is 22.9 Å². The number of carbonyl (C=O) groups is 2. The van der Waals surface area contributed by atoms with Crippen LogP contribution in [0.2, 0.25) is 0 Å². The third-order valence-corrected chi connectivity index (χ3v) is 8.54. The molecule has 0 bridgehead atoms. The minimum absolute atomic E-state index is 0.135. The highest BCUT2D eigenvalue weighted by atomic mass is 16.6. The lowest BCUT2D eigenvalue weighted by molar-refractivity contribution is -0.960. The van der Waals surface area contributed by atoms with E-state index < -0.39 is 22.8 Å². The van der Waals surface area contributed by atoms with E-state index in [0.717, 1.165) is 37.0 Å². The molecule has 0 spiro atoms. The lowest BCUT2D eigenvalue weighted by Crippen LogP contribution is -2.55. The van der Waals surface area contributed by atoms with Crippen LogP contribution in [0.1, 0.15) is 49.3 Å². The number of nitrogens with one attached hydrogen (secondary N) is 1. The van der Waals surface area contributed by atoms with Gasteiger partial charge in [-0.05, 0) is 25.8 Å². The maximum Gasteiger partial charge on any atom is 0.337 e. The van der Waals surface area contributed by atoms with Crippen molar-refractivity contribution in [1.82, 2.24) is 5.32 Å². The van der Waals surface area contributed by atoms with Crippen LogP contribution < -0.4 is 5.32 Å². The second-order valence-corrected chi connectivity index (χ2v) is 11.7. The van der Waals surface area contributed by atoms with Crippen molar-refractivity contribution in [2.24, 2.45) is 0 Å². The number of dihydropyridines is 1. The number of non-ortho nitro benzene ring substituents is 1. The molecule has 1 saturated heterocycles. The minimum atomic E-state index is -0.896. The van der Waals surface area contributed by atoms with Crippen LogP contribution in [0.5, 0.6) is 0 Å².